The molecular weight excluding hydrogens is 320 g/mol. The van der Waals surface area contributed by atoms with E-state index in [1.807, 2.05) is 13.8 Å². The maximum atomic E-state index is 12.2. The average molecular weight is 346 g/mol. The van der Waals surface area contributed by atoms with Crippen LogP contribution in [-0.2, 0) is 19.6 Å². The molecule has 0 aromatic carbocycles. The molecule has 0 aliphatic carbocycles. The number of carbonyl (C=O) groups excluding carboxylic acids is 2. The van der Waals surface area contributed by atoms with Gasteiger partial charge in [0.25, 0.3) is 0 Å². The van der Waals surface area contributed by atoms with E-state index >= 15 is 0 Å². The van der Waals surface area contributed by atoms with Crippen LogP contribution in [0.2, 0.25) is 0 Å². The number of nitrogens with zero attached hydrogens (tertiary/aromatic N) is 2. The lowest BCUT2D eigenvalue weighted by Gasteiger charge is -2.28. The van der Waals surface area contributed by atoms with Crippen LogP contribution >= 0.6 is 0 Å². The molecule has 0 aromatic heterocycles. The van der Waals surface area contributed by atoms with Crippen LogP contribution in [0.4, 0.5) is 0 Å². The van der Waals surface area contributed by atoms with Crippen LogP contribution in [0.5, 0.6) is 0 Å². The zero-order chi connectivity index (χ0) is 17.2. The molecule has 2 N–H and O–H groups in total. The van der Waals surface area contributed by atoms with E-state index in [2.05, 4.69) is 10.6 Å². The second kappa shape index (κ2) is 7.14. The molecule has 0 aromatic rings. The summed E-state index contributed by atoms with van der Waals surface area (Å²) in [6, 6.07) is -0.184. The highest BCUT2D eigenvalue weighted by atomic mass is 32.2. The summed E-state index contributed by atoms with van der Waals surface area (Å²) in [6.45, 7) is 6.39. The van der Waals surface area contributed by atoms with E-state index in [0.29, 0.717) is 26.2 Å². The lowest BCUT2D eigenvalue weighted by Crippen LogP contribution is -2.52. The Morgan fingerprint density at radius 3 is 2.65 bits per heavy atom. The molecule has 2 saturated heterocycles. The van der Waals surface area contributed by atoms with Crippen molar-refractivity contribution in [2.75, 3.05) is 45.5 Å². The molecule has 0 radical (unpaired) electrons. The summed E-state index contributed by atoms with van der Waals surface area (Å²) in [6.07, 6.45) is 1.20. The molecule has 9 heteroatoms. The van der Waals surface area contributed by atoms with Crippen LogP contribution in [-0.4, -0.2) is 81.0 Å². The SMILES string of the molecule is CC(C)[C@@H]1CN(S(C)(=O)=O)C[C@H]1NC(=O)CN1CCNC(=O)C1. The fourth-order valence-corrected chi connectivity index (χ4v) is 4.05. The molecule has 2 aliphatic rings. The number of hydrogen-bond donors (Lipinski definition) is 2. The molecule has 2 atom stereocenters. The van der Waals surface area contributed by atoms with Gasteiger partial charge in [-0.3, -0.25) is 14.5 Å². The Hall–Kier alpha value is -1.19. The number of piperazine rings is 1. The van der Waals surface area contributed by atoms with E-state index in [-0.39, 0.29) is 42.8 Å². The first-order valence-corrected chi connectivity index (χ1v) is 9.75. The Kier molecular flexibility index (Phi) is 5.64. The topological polar surface area (TPSA) is 98.8 Å². The molecule has 0 unspecified atom stereocenters. The zero-order valence-corrected chi connectivity index (χ0v) is 14.7. The van der Waals surface area contributed by atoms with Crippen molar-refractivity contribution >= 4 is 21.8 Å². The van der Waals surface area contributed by atoms with E-state index in [0.717, 1.165) is 0 Å². The van der Waals surface area contributed by atoms with Gasteiger partial charge in [0.05, 0.1) is 19.3 Å². The molecule has 2 fully saturated rings. The first kappa shape index (κ1) is 18.2. The third-order valence-corrected chi connectivity index (χ3v) is 5.72. The fraction of sp³-hybridized carbons (Fsp3) is 0.857. The van der Waals surface area contributed by atoms with Crippen LogP contribution in [0.3, 0.4) is 0 Å². The highest BCUT2D eigenvalue weighted by molar-refractivity contribution is 7.88. The van der Waals surface area contributed by atoms with Gasteiger partial charge in [-0.25, -0.2) is 8.42 Å². The molecule has 2 heterocycles. The zero-order valence-electron chi connectivity index (χ0n) is 13.9. The van der Waals surface area contributed by atoms with Crippen LogP contribution in [0.1, 0.15) is 13.8 Å². The quantitative estimate of drug-likeness (QED) is 0.628. The summed E-state index contributed by atoms with van der Waals surface area (Å²) in [5.74, 6) is 0.130. The molecule has 2 rings (SSSR count). The van der Waals surface area contributed by atoms with Crippen LogP contribution in [0.25, 0.3) is 0 Å². The second-order valence-corrected chi connectivity index (χ2v) is 8.70. The lowest BCUT2D eigenvalue weighted by molar-refractivity contribution is -0.127. The largest absolute Gasteiger partial charge is 0.354 e. The smallest absolute Gasteiger partial charge is 0.234 e. The van der Waals surface area contributed by atoms with Crippen LogP contribution < -0.4 is 10.6 Å². The van der Waals surface area contributed by atoms with Gasteiger partial charge in [0.2, 0.25) is 21.8 Å². The van der Waals surface area contributed by atoms with Crippen molar-refractivity contribution in [3.63, 3.8) is 0 Å². The average Bonchev–Trinajstić information content (AvgIpc) is 2.82. The Bertz CT molecular complexity index is 563. The van der Waals surface area contributed by atoms with Crippen molar-refractivity contribution in [1.29, 1.82) is 0 Å². The maximum Gasteiger partial charge on any atom is 0.234 e. The van der Waals surface area contributed by atoms with Crippen molar-refractivity contribution in [3.05, 3.63) is 0 Å². The van der Waals surface area contributed by atoms with Gasteiger partial charge in [0, 0.05) is 32.2 Å². The summed E-state index contributed by atoms with van der Waals surface area (Å²) < 4.78 is 24.9. The van der Waals surface area contributed by atoms with Crippen LogP contribution in [0.15, 0.2) is 0 Å². The minimum absolute atomic E-state index is 0.0757. The summed E-state index contributed by atoms with van der Waals surface area (Å²) in [7, 11) is -3.25. The monoisotopic (exact) mass is 346 g/mol. The number of carbonyl (C=O) groups is 2. The van der Waals surface area contributed by atoms with Gasteiger partial charge in [0.15, 0.2) is 0 Å². The maximum absolute atomic E-state index is 12.2. The summed E-state index contributed by atoms with van der Waals surface area (Å²) in [5, 5.41) is 5.67. The number of amides is 2. The normalized spacial score (nSPS) is 27.2. The number of hydrogen-bond acceptors (Lipinski definition) is 5. The molecule has 132 valence electrons. The van der Waals surface area contributed by atoms with E-state index in [1.54, 1.807) is 4.90 Å². The number of rotatable bonds is 5. The van der Waals surface area contributed by atoms with E-state index in [1.165, 1.54) is 10.6 Å². The molecule has 8 nitrogen and oxygen atoms in total. The van der Waals surface area contributed by atoms with Crippen molar-refractivity contribution in [3.8, 4) is 0 Å². The van der Waals surface area contributed by atoms with Crippen LogP contribution in [0, 0.1) is 11.8 Å². The van der Waals surface area contributed by atoms with Crippen molar-refractivity contribution in [2.45, 2.75) is 19.9 Å². The van der Waals surface area contributed by atoms with Crippen molar-refractivity contribution in [2.24, 2.45) is 11.8 Å². The summed E-state index contributed by atoms with van der Waals surface area (Å²) >= 11 is 0. The Morgan fingerprint density at radius 2 is 2.09 bits per heavy atom. The standard InChI is InChI=1S/C14H26N4O4S/c1-10(2)11-6-18(23(3,21)22)7-12(11)16-14(20)9-17-5-4-15-13(19)8-17/h10-12H,4-9H2,1-3H3,(H,15,19)(H,16,20)/t11-,12+/m0/s1. The van der Waals surface area contributed by atoms with E-state index < -0.39 is 10.0 Å². The van der Waals surface area contributed by atoms with Gasteiger partial charge in [-0.2, -0.15) is 4.31 Å². The van der Waals surface area contributed by atoms with E-state index in [9.17, 15) is 18.0 Å². The van der Waals surface area contributed by atoms with Crippen molar-refractivity contribution < 1.29 is 18.0 Å². The van der Waals surface area contributed by atoms with Gasteiger partial charge in [-0.05, 0) is 11.8 Å². The minimum atomic E-state index is -3.25. The molecule has 2 amide bonds. The predicted molar refractivity (Wildman–Crippen MR) is 86.1 cm³/mol. The van der Waals surface area contributed by atoms with Gasteiger partial charge in [-0.1, -0.05) is 13.8 Å². The fourth-order valence-electron chi connectivity index (χ4n) is 3.17. The lowest BCUT2D eigenvalue weighted by atomic mass is 9.91. The minimum Gasteiger partial charge on any atom is -0.354 e. The van der Waals surface area contributed by atoms with Gasteiger partial charge in [-0.15, -0.1) is 0 Å². The summed E-state index contributed by atoms with van der Waals surface area (Å²) in [4.78, 5) is 25.4. The third-order valence-electron chi connectivity index (χ3n) is 4.49. The van der Waals surface area contributed by atoms with E-state index in [4.69, 9.17) is 0 Å². The Morgan fingerprint density at radius 1 is 1.39 bits per heavy atom. The molecular formula is C14H26N4O4S. The number of nitrogens with one attached hydrogen (secondary N) is 2. The summed E-state index contributed by atoms with van der Waals surface area (Å²) in [5.41, 5.74) is 0. The Labute approximate surface area is 137 Å². The molecule has 0 spiro atoms. The van der Waals surface area contributed by atoms with Gasteiger partial charge < -0.3 is 10.6 Å². The third kappa shape index (κ3) is 4.89. The molecule has 0 bridgehead atoms. The van der Waals surface area contributed by atoms with Gasteiger partial charge in [0.1, 0.15) is 0 Å². The van der Waals surface area contributed by atoms with Gasteiger partial charge >= 0.3 is 0 Å². The Balaban J connectivity index is 1.94. The first-order chi connectivity index (χ1) is 10.7. The van der Waals surface area contributed by atoms with Crippen molar-refractivity contribution in [1.82, 2.24) is 19.8 Å². The highest BCUT2D eigenvalue weighted by Crippen LogP contribution is 2.26. The molecule has 2 aliphatic heterocycles. The number of sulfonamides is 1. The second-order valence-electron chi connectivity index (χ2n) is 6.72. The molecule has 23 heavy (non-hydrogen) atoms. The predicted octanol–water partition coefficient (Wildman–Crippen LogP) is -1.55. The molecule has 0 saturated carbocycles. The first-order valence-electron chi connectivity index (χ1n) is 7.90. The highest BCUT2D eigenvalue weighted by Gasteiger charge is 2.39.